The van der Waals surface area contributed by atoms with Crippen LogP contribution in [-0.2, 0) is 11.2 Å². The molecule has 5 nitrogen and oxygen atoms in total. The summed E-state index contributed by atoms with van der Waals surface area (Å²) in [7, 11) is 0. The van der Waals surface area contributed by atoms with E-state index in [9.17, 15) is 23.1 Å². The van der Waals surface area contributed by atoms with Gasteiger partial charge in [-0.1, -0.05) is 6.07 Å². The molecule has 0 aromatic heterocycles. The maximum absolute atomic E-state index is 12.2. The first-order valence-electron chi connectivity index (χ1n) is 5.40. The van der Waals surface area contributed by atoms with Gasteiger partial charge in [-0.2, -0.15) is 5.26 Å². The van der Waals surface area contributed by atoms with Gasteiger partial charge in [0, 0.05) is 6.42 Å². The van der Waals surface area contributed by atoms with E-state index >= 15 is 0 Å². The molecule has 0 radical (unpaired) electrons. The number of nitrogens with zero attached hydrogens (tertiary/aromatic N) is 1. The molecule has 0 fully saturated rings. The number of rotatable bonds is 5. The molecule has 0 bridgehead atoms. The second-order valence-corrected chi connectivity index (χ2v) is 3.86. The molecule has 1 rings (SSSR count). The Kier molecular flexibility index (Phi) is 4.94. The molecule has 20 heavy (non-hydrogen) atoms. The SMILES string of the molecule is N#CCCc1cc(OC(F)(F)F)cc(C(O)C(=O)O)c1. The molecule has 108 valence electrons. The number of alkyl halides is 3. The van der Waals surface area contributed by atoms with E-state index in [1.165, 1.54) is 6.07 Å². The molecule has 8 heteroatoms. The van der Waals surface area contributed by atoms with Crippen LogP contribution >= 0.6 is 0 Å². The van der Waals surface area contributed by atoms with Gasteiger partial charge < -0.3 is 14.9 Å². The molecule has 0 heterocycles. The summed E-state index contributed by atoms with van der Waals surface area (Å²) in [4.78, 5) is 10.7. The fourth-order valence-electron chi connectivity index (χ4n) is 1.52. The molecule has 0 amide bonds. The third-order valence-corrected chi connectivity index (χ3v) is 2.30. The Morgan fingerprint density at radius 1 is 1.40 bits per heavy atom. The molecule has 0 aliphatic rings. The molecule has 1 aromatic rings. The number of nitriles is 1. The van der Waals surface area contributed by atoms with Gasteiger partial charge in [-0.05, 0) is 29.7 Å². The van der Waals surface area contributed by atoms with Crippen molar-refractivity contribution in [3.8, 4) is 11.8 Å². The topological polar surface area (TPSA) is 90.5 Å². The quantitative estimate of drug-likeness (QED) is 0.866. The van der Waals surface area contributed by atoms with Crippen molar-refractivity contribution in [2.24, 2.45) is 0 Å². The standard InChI is InChI=1S/C12H10F3NO4/c13-12(14,15)20-9-5-7(2-1-3-16)4-8(6-9)10(17)11(18)19/h4-6,10,17H,1-2H2,(H,18,19). The Bertz CT molecular complexity index is 536. The molecular weight excluding hydrogens is 279 g/mol. The van der Waals surface area contributed by atoms with E-state index in [2.05, 4.69) is 4.74 Å². The molecule has 1 atom stereocenters. The van der Waals surface area contributed by atoms with Crippen molar-refractivity contribution >= 4 is 5.97 Å². The van der Waals surface area contributed by atoms with Crippen LogP contribution in [-0.4, -0.2) is 22.5 Å². The van der Waals surface area contributed by atoms with E-state index in [-0.39, 0.29) is 24.0 Å². The molecule has 0 spiro atoms. The molecular formula is C12H10F3NO4. The smallest absolute Gasteiger partial charge is 0.479 e. The van der Waals surface area contributed by atoms with Crippen molar-refractivity contribution in [3.63, 3.8) is 0 Å². The number of aryl methyl sites for hydroxylation is 1. The fraction of sp³-hybridized carbons (Fsp3) is 0.333. The first-order valence-corrected chi connectivity index (χ1v) is 5.40. The molecule has 0 aliphatic carbocycles. The van der Waals surface area contributed by atoms with Crippen molar-refractivity contribution in [2.75, 3.05) is 0 Å². The first-order chi connectivity index (χ1) is 9.23. The van der Waals surface area contributed by atoms with Crippen LogP contribution in [0.4, 0.5) is 13.2 Å². The highest BCUT2D eigenvalue weighted by Gasteiger charge is 2.31. The zero-order chi connectivity index (χ0) is 15.3. The Hall–Kier alpha value is -2.27. The van der Waals surface area contributed by atoms with Gasteiger partial charge in [-0.15, -0.1) is 13.2 Å². The highest BCUT2D eigenvalue weighted by atomic mass is 19.4. The fourth-order valence-corrected chi connectivity index (χ4v) is 1.52. The third-order valence-electron chi connectivity index (χ3n) is 2.30. The number of aliphatic hydroxyl groups excluding tert-OH is 1. The Balaban J connectivity index is 3.14. The van der Waals surface area contributed by atoms with E-state index in [1.807, 2.05) is 6.07 Å². The number of aliphatic carboxylic acids is 1. The maximum atomic E-state index is 12.2. The number of ether oxygens (including phenoxy) is 1. The average Bonchev–Trinajstić information content (AvgIpc) is 2.32. The Morgan fingerprint density at radius 2 is 2.05 bits per heavy atom. The number of halogens is 3. The Morgan fingerprint density at radius 3 is 2.55 bits per heavy atom. The van der Waals surface area contributed by atoms with Gasteiger partial charge in [0.25, 0.3) is 0 Å². The van der Waals surface area contributed by atoms with Crippen LogP contribution in [0.15, 0.2) is 18.2 Å². The number of hydrogen-bond donors (Lipinski definition) is 2. The van der Waals surface area contributed by atoms with Crippen molar-refractivity contribution in [1.82, 2.24) is 0 Å². The van der Waals surface area contributed by atoms with E-state index in [4.69, 9.17) is 10.4 Å². The summed E-state index contributed by atoms with van der Waals surface area (Å²) in [5.74, 6) is -2.23. The van der Waals surface area contributed by atoms with Crippen LogP contribution in [0.5, 0.6) is 5.75 Å². The number of benzene rings is 1. The summed E-state index contributed by atoms with van der Waals surface area (Å²) >= 11 is 0. The van der Waals surface area contributed by atoms with Crippen LogP contribution < -0.4 is 4.74 Å². The van der Waals surface area contributed by atoms with Crippen molar-refractivity contribution < 1.29 is 32.9 Å². The third kappa shape index (κ3) is 4.78. The lowest BCUT2D eigenvalue weighted by Gasteiger charge is -2.13. The predicted molar refractivity (Wildman–Crippen MR) is 59.7 cm³/mol. The van der Waals surface area contributed by atoms with E-state index in [1.54, 1.807) is 0 Å². The van der Waals surface area contributed by atoms with Gasteiger partial charge in [0.15, 0.2) is 6.10 Å². The maximum Gasteiger partial charge on any atom is 0.573 e. The van der Waals surface area contributed by atoms with Crippen molar-refractivity contribution in [2.45, 2.75) is 25.3 Å². The van der Waals surface area contributed by atoms with Crippen LogP contribution in [0.2, 0.25) is 0 Å². The second-order valence-electron chi connectivity index (χ2n) is 3.86. The number of aliphatic hydroxyl groups is 1. The van der Waals surface area contributed by atoms with E-state index < -0.39 is 24.2 Å². The lowest BCUT2D eigenvalue weighted by Crippen LogP contribution is -2.18. The normalized spacial score (nSPS) is 12.6. The van der Waals surface area contributed by atoms with Crippen LogP contribution in [0.1, 0.15) is 23.7 Å². The minimum absolute atomic E-state index is 0.0398. The molecule has 2 N–H and O–H groups in total. The number of carboxylic acid groups (broad SMARTS) is 1. The highest BCUT2D eigenvalue weighted by Crippen LogP contribution is 2.28. The molecule has 1 unspecified atom stereocenters. The van der Waals surface area contributed by atoms with Gasteiger partial charge in [-0.25, -0.2) is 4.79 Å². The van der Waals surface area contributed by atoms with E-state index in [0.717, 1.165) is 12.1 Å². The minimum Gasteiger partial charge on any atom is -0.479 e. The Labute approximate surface area is 111 Å². The number of carboxylic acids is 1. The van der Waals surface area contributed by atoms with E-state index in [0.29, 0.717) is 0 Å². The van der Waals surface area contributed by atoms with Gasteiger partial charge in [0.05, 0.1) is 6.07 Å². The zero-order valence-electron chi connectivity index (χ0n) is 10.0. The van der Waals surface area contributed by atoms with Crippen LogP contribution in [0.3, 0.4) is 0 Å². The highest BCUT2D eigenvalue weighted by molar-refractivity contribution is 5.74. The molecule has 0 saturated heterocycles. The summed E-state index contributed by atoms with van der Waals surface area (Å²) in [5.41, 5.74) is 0.0239. The van der Waals surface area contributed by atoms with Crippen LogP contribution in [0, 0.1) is 11.3 Å². The van der Waals surface area contributed by atoms with Gasteiger partial charge in [0.2, 0.25) is 0 Å². The molecule has 0 aliphatic heterocycles. The minimum atomic E-state index is -4.93. The lowest BCUT2D eigenvalue weighted by atomic mass is 10.0. The second kappa shape index (κ2) is 6.25. The zero-order valence-corrected chi connectivity index (χ0v) is 10.0. The van der Waals surface area contributed by atoms with Crippen molar-refractivity contribution in [3.05, 3.63) is 29.3 Å². The summed E-state index contributed by atoms with van der Waals surface area (Å²) < 4.78 is 40.2. The first kappa shape index (κ1) is 15.8. The summed E-state index contributed by atoms with van der Waals surface area (Å²) in [6.07, 6.45) is -6.74. The van der Waals surface area contributed by atoms with Gasteiger partial charge in [-0.3, -0.25) is 0 Å². The van der Waals surface area contributed by atoms with Crippen LogP contribution in [0.25, 0.3) is 0 Å². The monoisotopic (exact) mass is 289 g/mol. The van der Waals surface area contributed by atoms with Gasteiger partial charge in [0.1, 0.15) is 5.75 Å². The summed E-state index contributed by atoms with van der Waals surface area (Å²) in [6, 6.07) is 4.87. The van der Waals surface area contributed by atoms with Gasteiger partial charge >= 0.3 is 12.3 Å². The molecule has 1 aromatic carbocycles. The number of carbonyl (C=O) groups is 1. The number of hydrogen-bond acceptors (Lipinski definition) is 4. The molecule has 0 saturated carbocycles. The summed E-state index contributed by atoms with van der Waals surface area (Å²) in [6.45, 7) is 0. The lowest BCUT2D eigenvalue weighted by molar-refractivity contribution is -0.274. The van der Waals surface area contributed by atoms with Crippen molar-refractivity contribution in [1.29, 1.82) is 5.26 Å². The average molecular weight is 289 g/mol. The largest absolute Gasteiger partial charge is 0.573 e. The predicted octanol–water partition coefficient (Wildman–Crippen LogP) is 2.16. The summed E-state index contributed by atoms with van der Waals surface area (Å²) in [5, 5.41) is 26.5.